The Kier molecular flexibility index (Phi) is 8.77. The minimum atomic E-state index is 0.814. The van der Waals surface area contributed by atoms with Crippen LogP contribution in [0.3, 0.4) is 0 Å². The van der Waals surface area contributed by atoms with Gasteiger partial charge in [-0.05, 0) is 127 Å². The molecule has 0 radical (unpaired) electrons. The van der Waals surface area contributed by atoms with Crippen LogP contribution < -0.4 is 9.64 Å². The first-order valence-electron chi connectivity index (χ1n) is 23.5. The minimum Gasteiger partial charge on any atom is -0.497 e. The number of methoxy groups -OCH3 is 1. The summed E-state index contributed by atoms with van der Waals surface area (Å²) < 4.78 is 15.5. The molecule has 324 valence electrons. The maximum absolute atomic E-state index is 7.35. The minimum absolute atomic E-state index is 0.814. The van der Waals surface area contributed by atoms with E-state index < -0.39 is 0 Å². The molecule has 0 aliphatic carbocycles. The number of nitrogens with zero attached hydrogens (tertiary/aromatic N) is 2. The van der Waals surface area contributed by atoms with Crippen molar-refractivity contribution in [2.45, 2.75) is 0 Å². The van der Waals surface area contributed by atoms with Gasteiger partial charge in [0, 0.05) is 49.9 Å². The van der Waals surface area contributed by atoms with E-state index in [0.717, 1.165) is 83.4 Å². The number of para-hydroxylation sites is 2. The SMILES string of the molecule is COc1ccc(-n2c3cc4c5ccccc5c5ccccc5c4cc3c3c4ccccc4c4oc5c(-c6cccc(N(c7ccccc7)c7ccc(-c8ccccc8)cc7)c6)cccc5c4c32)cc1. The molecule has 0 aliphatic rings. The molecule has 14 aromatic rings. The second kappa shape index (κ2) is 15.5. The van der Waals surface area contributed by atoms with Gasteiger partial charge in [0.05, 0.1) is 23.5 Å². The summed E-state index contributed by atoms with van der Waals surface area (Å²) in [4.78, 5) is 2.33. The lowest BCUT2D eigenvalue weighted by molar-refractivity contribution is 0.415. The lowest BCUT2D eigenvalue weighted by Crippen LogP contribution is -2.09. The van der Waals surface area contributed by atoms with Gasteiger partial charge in [0.2, 0.25) is 0 Å². The molecule has 0 saturated carbocycles. The maximum Gasteiger partial charge on any atom is 0.145 e. The Hall–Kier alpha value is -9.12. The van der Waals surface area contributed by atoms with Gasteiger partial charge >= 0.3 is 0 Å². The number of hydrogen-bond donors (Lipinski definition) is 0. The van der Waals surface area contributed by atoms with Crippen LogP contribution in [0, 0.1) is 0 Å². The van der Waals surface area contributed by atoms with Crippen molar-refractivity contribution in [1.29, 1.82) is 0 Å². The van der Waals surface area contributed by atoms with Gasteiger partial charge < -0.3 is 18.6 Å². The normalized spacial score (nSPS) is 11.8. The molecule has 4 nitrogen and oxygen atoms in total. The summed E-state index contributed by atoms with van der Waals surface area (Å²) in [6, 6.07) is 85.3. The van der Waals surface area contributed by atoms with Crippen molar-refractivity contribution in [2.24, 2.45) is 0 Å². The van der Waals surface area contributed by atoms with Gasteiger partial charge in [-0.3, -0.25) is 0 Å². The summed E-state index contributed by atoms with van der Waals surface area (Å²) in [5, 5.41) is 14.3. The topological polar surface area (TPSA) is 30.5 Å². The first-order valence-corrected chi connectivity index (χ1v) is 23.5. The molecule has 0 N–H and O–H groups in total. The van der Waals surface area contributed by atoms with Crippen LogP contribution in [-0.2, 0) is 0 Å². The van der Waals surface area contributed by atoms with E-state index in [1.807, 2.05) is 0 Å². The average Bonchev–Trinajstić information content (AvgIpc) is 3.98. The lowest BCUT2D eigenvalue weighted by atomic mass is 9.92. The highest BCUT2D eigenvalue weighted by Gasteiger charge is 2.26. The highest BCUT2D eigenvalue weighted by Crippen LogP contribution is 2.50. The molecule has 0 unspecified atom stereocenters. The van der Waals surface area contributed by atoms with Gasteiger partial charge in [-0.1, -0.05) is 164 Å². The summed E-state index contributed by atoms with van der Waals surface area (Å²) in [6.07, 6.45) is 0. The van der Waals surface area contributed by atoms with Gasteiger partial charge in [-0.15, -0.1) is 0 Å². The Morgan fingerprint density at radius 2 is 0.899 bits per heavy atom. The van der Waals surface area contributed by atoms with Crippen molar-refractivity contribution in [2.75, 3.05) is 12.0 Å². The molecule has 0 saturated heterocycles. The highest BCUT2D eigenvalue weighted by atomic mass is 16.5. The number of benzene rings is 12. The molecule has 0 fully saturated rings. The number of anilines is 3. The quantitative estimate of drug-likeness (QED) is 0.149. The van der Waals surface area contributed by atoms with Crippen molar-refractivity contribution < 1.29 is 9.15 Å². The molecule has 0 amide bonds. The van der Waals surface area contributed by atoms with Crippen molar-refractivity contribution in [3.63, 3.8) is 0 Å². The van der Waals surface area contributed by atoms with Crippen LogP contribution in [0.1, 0.15) is 0 Å². The van der Waals surface area contributed by atoms with Crippen molar-refractivity contribution in [3.05, 3.63) is 237 Å². The third-order valence-corrected chi connectivity index (χ3v) is 14.2. The number of ether oxygens (including phenoxy) is 1. The predicted molar refractivity (Wildman–Crippen MR) is 290 cm³/mol. The van der Waals surface area contributed by atoms with Crippen LogP contribution in [-0.4, -0.2) is 11.7 Å². The van der Waals surface area contributed by atoms with Gasteiger partial charge in [0.15, 0.2) is 0 Å². The van der Waals surface area contributed by atoms with Crippen molar-refractivity contribution >= 4 is 104 Å². The molecular formula is C65H42N2O2. The van der Waals surface area contributed by atoms with Crippen LogP contribution in [0.25, 0.3) is 115 Å². The molecule has 0 bridgehead atoms. The molecule has 12 aromatic carbocycles. The zero-order valence-corrected chi connectivity index (χ0v) is 37.7. The summed E-state index contributed by atoms with van der Waals surface area (Å²) in [5.74, 6) is 0.814. The van der Waals surface area contributed by atoms with E-state index in [9.17, 15) is 0 Å². The van der Waals surface area contributed by atoms with Gasteiger partial charge in [-0.25, -0.2) is 0 Å². The Labute approximate surface area is 398 Å². The van der Waals surface area contributed by atoms with Crippen LogP contribution in [0.15, 0.2) is 241 Å². The molecule has 2 heterocycles. The van der Waals surface area contributed by atoms with E-state index in [1.54, 1.807) is 7.11 Å². The molecule has 2 aromatic heterocycles. The van der Waals surface area contributed by atoms with Gasteiger partial charge in [0.25, 0.3) is 0 Å². The fourth-order valence-electron chi connectivity index (χ4n) is 11.1. The second-order valence-electron chi connectivity index (χ2n) is 17.9. The number of fused-ring (bicyclic) bond motifs is 16. The molecular weight excluding hydrogens is 841 g/mol. The van der Waals surface area contributed by atoms with E-state index >= 15 is 0 Å². The van der Waals surface area contributed by atoms with Gasteiger partial charge in [-0.2, -0.15) is 0 Å². The van der Waals surface area contributed by atoms with Crippen LogP contribution in [0.2, 0.25) is 0 Å². The molecule has 14 rings (SSSR count). The number of hydrogen-bond acceptors (Lipinski definition) is 3. The first kappa shape index (κ1) is 39.1. The number of aromatic nitrogens is 1. The monoisotopic (exact) mass is 882 g/mol. The fourth-order valence-corrected chi connectivity index (χ4v) is 11.1. The Bertz CT molecular complexity index is 4320. The van der Waals surface area contributed by atoms with E-state index in [1.165, 1.54) is 54.2 Å². The summed E-state index contributed by atoms with van der Waals surface area (Å²) >= 11 is 0. The molecule has 69 heavy (non-hydrogen) atoms. The predicted octanol–water partition coefficient (Wildman–Crippen LogP) is 18.1. The smallest absolute Gasteiger partial charge is 0.145 e. The third-order valence-electron chi connectivity index (χ3n) is 14.2. The van der Waals surface area contributed by atoms with E-state index in [4.69, 9.17) is 9.15 Å². The standard InChI is InChI=1S/C65H42N2O2/c1-68-48-36-34-46(35-37-48)67-60-40-58-53-25-11-9-23-51(53)50-22-8-10-24-52(50)57(58)39-59(60)61-54-26-12-13-27-55(54)65-62(63(61)67)56-29-15-28-49(64(56)69-65)43-18-14-21-47(38-43)66(44-19-6-3-7-20-44)45-32-30-42(31-33-45)41-16-4-2-5-17-41/h2-40H,1H3. The lowest BCUT2D eigenvalue weighted by Gasteiger charge is -2.26. The maximum atomic E-state index is 7.35. The Morgan fingerprint density at radius 3 is 1.59 bits per heavy atom. The average molecular weight is 883 g/mol. The largest absolute Gasteiger partial charge is 0.497 e. The summed E-state index contributed by atoms with van der Waals surface area (Å²) in [6.45, 7) is 0. The van der Waals surface area contributed by atoms with Crippen LogP contribution in [0.4, 0.5) is 17.1 Å². The van der Waals surface area contributed by atoms with E-state index in [2.05, 4.69) is 246 Å². The number of furan rings is 1. The fraction of sp³-hybridized carbons (Fsp3) is 0.0154. The van der Waals surface area contributed by atoms with Crippen LogP contribution >= 0.6 is 0 Å². The molecule has 0 aliphatic heterocycles. The van der Waals surface area contributed by atoms with E-state index in [-0.39, 0.29) is 0 Å². The van der Waals surface area contributed by atoms with E-state index in [0.29, 0.717) is 0 Å². The first-order chi connectivity index (χ1) is 34.2. The van der Waals surface area contributed by atoms with Crippen molar-refractivity contribution in [3.8, 4) is 33.7 Å². The Morgan fingerprint density at radius 1 is 0.362 bits per heavy atom. The summed E-state index contributed by atoms with van der Waals surface area (Å²) in [7, 11) is 1.72. The molecule has 0 spiro atoms. The highest BCUT2D eigenvalue weighted by molar-refractivity contribution is 6.38. The van der Waals surface area contributed by atoms with Crippen LogP contribution in [0.5, 0.6) is 5.75 Å². The summed E-state index contributed by atoms with van der Waals surface area (Å²) in [5.41, 5.74) is 12.7. The van der Waals surface area contributed by atoms with Gasteiger partial charge in [0.1, 0.15) is 16.9 Å². The third kappa shape index (κ3) is 6.02. The van der Waals surface area contributed by atoms with Crippen molar-refractivity contribution in [1.82, 2.24) is 4.57 Å². The Balaban J connectivity index is 1.05. The second-order valence-corrected chi connectivity index (χ2v) is 17.9. The zero-order chi connectivity index (χ0) is 45.6. The zero-order valence-electron chi connectivity index (χ0n) is 37.7. The molecule has 0 atom stereocenters. The molecule has 4 heteroatoms. The number of rotatable bonds is 7.